The van der Waals surface area contributed by atoms with Gasteiger partial charge < -0.3 is 10.5 Å². The van der Waals surface area contributed by atoms with E-state index in [-0.39, 0.29) is 23.6 Å². The molecule has 1 aromatic heterocycles. The normalized spacial score (nSPS) is 10.6. The van der Waals surface area contributed by atoms with Crippen LogP contribution in [0.2, 0.25) is 0 Å². The third-order valence-corrected chi connectivity index (χ3v) is 3.29. The monoisotopic (exact) mass is 330 g/mol. The molecule has 3 rings (SSSR count). The van der Waals surface area contributed by atoms with E-state index in [0.717, 1.165) is 18.2 Å². The molecule has 0 aliphatic carbocycles. The maximum atomic E-state index is 13.6. The number of carbonyl (C=O) groups excluding carboxylic acids is 1. The molecule has 6 nitrogen and oxygen atoms in total. The van der Waals surface area contributed by atoms with E-state index in [0.29, 0.717) is 11.3 Å². The number of carbonyl (C=O) groups is 1. The maximum absolute atomic E-state index is 13.6. The molecule has 0 aliphatic heterocycles. The van der Waals surface area contributed by atoms with Crippen molar-refractivity contribution < 1.29 is 18.3 Å². The van der Waals surface area contributed by atoms with Gasteiger partial charge in [0.15, 0.2) is 5.69 Å². The second-order valence-electron chi connectivity index (χ2n) is 4.94. The van der Waals surface area contributed by atoms with E-state index in [4.69, 9.17) is 10.5 Å². The van der Waals surface area contributed by atoms with Crippen molar-refractivity contribution in [1.29, 1.82) is 0 Å². The fourth-order valence-electron chi connectivity index (χ4n) is 2.15. The quantitative estimate of drug-likeness (QED) is 0.751. The number of aromatic nitrogens is 3. The second kappa shape index (κ2) is 6.45. The topological polar surface area (TPSA) is 93.9 Å². The molecule has 0 spiro atoms. The lowest BCUT2D eigenvalue weighted by molar-refractivity contribution is 0.0996. The fourth-order valence-corrected chi connectivity index (χ4v) is 2.15. The molecule has 0 saturated carbocycles. The zero-order chi connectivity index (χ0) is 17.1. The largest absolute Gasteiger partial charge is 0.489 e. The molecule has 3 N–H and O–H groups in total. The Morgan fingerprint density at radius 2 is 2.00 bits per heavy atom. The summed E-state index contributed by atoms with van der Waals surface area (Å²) in [5.41, 5.74) is 6.16. The summed E-state index contributed by atoms with van der Waals surface area (Å²) in [6, 6.07) is 9.76. The summed E-state index contributed by atoms with van der Waals surface area (Å²) in [5.74, 6) is -1.42. The molecular weight excluding hydrogens is 318 g/mol. The molecule has 0 bridgehead atoms. The van der Waals surface area contributed by atoms with Crippen molar-refractivity contribution in [3.05, 3.63) is 65.4 Å². The van der Waals surface area contributed by atoms with Crippen molar-refractivity contribution in [2.75, 3.05) is 0 Å². The van der Waals surface area contributed by atoms with Gasteiger partial charge in [-0.2, -0.15) is 15.4 Å². The summed E-state index contributed by atoms with van der Waals surface area (Å²) in [6.07, 6.45) is 0. The molecule has 0 unspecified atom stereocenters. The highest BCUT2D eigenvalue weighted by atomic mass is 19.1. The molecule has 1 amide bonds. The van der Waals surface area contributed by atoms with Crippen LogP contribution in [0.25, 0.3) is 11.3 Å². The van der Waals surface area contributed by atoms with Crippen molar-refractivity contribution >= 4 is 5.91 Å². The molecule has 24 heavy (non-hydrogen) atoms. The van der Waals surface area contributed by atoms with Gasteiger partial charge in [0.25, 0.3) is 5.91 Å². The van der Waals surface area contributed by atoms with E-state index in [2.05, 4.69) is 15.4 Å². The van der Waals surface area contributed by atoms with E-state index >= 15 is 0 Å². The van der Waals surface area contributed by atoms with E-state index in [9.17, 15) is 13.6 Å². The molecule has 0 fully saturated rings. The highest BCUT2D eigenvalue weighted by Crippen LogP contribution is 2.24. The Morgan fingerprint density at radius 3 is 2.79 bits per heavy atom. The predicted molar refractivity (Wildman–Crippen MR) is 81.0 cm³/mol. The number of halogens is 2. The van der Waals surface area contributed by atoms with Gasteiger partial charge in [0.2, 0.25) is 0 Å². The van der Waals surface area contributed by atoms with Gasteiger partial charge in [-0.15, -0.1) is 0 Å². The number of benzene rings is 2. The first kappa shape index (κ1) is 15.6. The Hall–Kier alpha value is -3.29. The van der Waals surface area contributed by atoms with Crippen LogP contribution in [0.5, 0.6) is 5.75 Å². The van der Waals surface area contributed by atoms with Gasteiger partial charge in [-0.1, -0.05) is 12.1 Å². The lowest BCUT2D eigenvalue weighted by Gasteiger charge is -2.08. The number of H-pyrrole nitrogens is 1. The first-order chi connectivity index (χ1) is 11.5. The van der Waals surface area contributed by atoms with Crippen molar-refractivity contribution in [1.82, 2.24) is 15.4 Å². The molecule has 0 radical (unpaired) electrons. The van der Waals surface area contributed by atoms with Gasteiger partial charge >= 0.3 is 0 Å². The summed E-state index contributed by atoms with van der Waals surface area (Å²) < 4.78 is 32.2. The van der Waals surface area contributed by atoms with Crippen LogP contribution in [0.15, 0.2) is 42.5 Å². The van der Waals surface area contributed by atoms with E-state index in [1.165, 1.54) is 0 Å². The maximum Gasteiger partial charge on any atom is 0.271 e. The van der Waals surface area contributed by atoms with Gasteiger partial charge in [0, 0.05) is 11.1 Å². The Labute approximate surface area is 135 Å². The first-order valence-corrected chi connectivity index (χ1v) is 6.92. The number of nitrogens with two attached hydrogens (primary N) is 1. The third kappa shape index (κ3) is 3.22. The fraction of sp³-hybridized carbons (Fsp3) is 0.0625. The smallest absolute Gasteiger partial charge is 0.271 e. The number of hydrogen-bond donors (Lipinski definition) is 2. The van der Waals surface area contributed by atoms with Crippen LogP contribution in [0, 0.1) is 11.6 Å². The van der Waals surface area contributed by atoms with E-state index < -0.39 is 17.5 Å². The van der Waals surface area contributed by atoms with Gasteiger partial charge in [0.1, 0.15) is 29.7 Å². The van der Waals surface area contributed by atoms with Crippen molar-refractivity contribution in [3.63, 3.8) is 0 Å². The number of hydrogen-bond acceptors (Lipinski definition) is 4. The minimum atomic E-state index is -0.716. The summed E-state index contributed by atoms with van der Waals surface area (Å²) >= 11 is 0. The second-order valence-corrected chi connectivity index (χ2v) is 4.94. The lowest BCUT2D eigenvalue weighted by Crippen LogP contribution is -2.12. The minimum absolute atomic E-state index is 0.00308. The molecule has 0 aliphatic rings. The first-order valence-electron chi connectivity index (χ1n) is 6.92. The number of rotatable bonds is 5. The molecule has 2 aromatic carbocycles. The van der Waals surface area contributed by atoms with Gasteiger partial charge in [-0.3, -0.25) is 4.79 Å². The highest BCUT2D eigenvalue weighted by molar-refractivity contribution is 5.96. The van der Waals surface area contributed by atoms with Crippen LogP contribution >= 0.6 is 0 Å². The molecule has 0 atom stereocenters. The van der Waals surface area contributed by atoms with E-state index in [1.807, 2.05) is 0 Å². The van der Waals surface area contributed by atoms with Gasteiger partial charge in [0.05, 0.1) is 0 Å². The number of nitrogens with one attached hydrogen (secondary N) is 1. The summed E-state index contributed by atoms with van der Waals surface area (Å²) in [5, 5.41) is 9.92. The van der Waals surface area contributed by atoms with Crippen molar-refractivity contribution in [2.45, 2.75) is 6.61 Å². The van der Waals surface area contributed by atoms with Crippen LogP contribution < -0.4 is 10.5 Å². The Morgan fingerprint density at radius 1 is 1.17 bits per heavy atom. The lowest BCUT2D eigenvalue weighted by atomic mass is 10.1. The number of amides is 1. The van der Waals surface area contributed by atoms with Gasteiger partial charge in [-0.05, 0) is 30.3 Å². The molecule has 0 saturated heterocycles. The average Bonchev–Trinajstić information content (AvgIpc) is 3.06. The number of aromatic amines is 1. The summed E-state index contributed by atoms with van der Waals surface area (Å²) in [6.45, 7) is -0.144. The van der Waals surface area contributed by atoms with Crippen LogP contribution in [0.1, 0.15) is 16.1 Å². The molecular formula is C16H12F2N4O2. The number of nitrogens with zero attached hydrogens (tertiary/aromatic N) is 2. The molecule has 3 aromatic rings. The number of ether oxygens (including phenoxy) is 1. The van der Waals surface area contributed by atoms with Crippen LogP contribution in [0.4, 0.5) is 8.78 Å². The van der Waals surface area contributed by atoms with Crippen LogP contribution in [-0.2, 0) is 6.61 Å². The summed E-state index contributed by atoms with van der Waals surface area (Å²) in [7, 11) is 0. The molecule has 122 valence electrons. The van der Waals surface area contributed by atoms with Crippen molar-refractivity contribution in [2.24, 2.45) is 5.73 Å². The zero-order valence-corrected chi connectivity index (χ0v) is 12.3. The molecule has 8 heteroatoms. The number of primary amides is 1. The third-order valence-electron chi connectivity index (χ3n) is 3.29. The Kier molecular flexibility index (Phi) is 4.19. The SMILES string of the molecule is NC(=O)c1n[nH]nc1-c1cccc(OCc2cc(F)ccc2F)c1. The standard InChI is InChI=1S/C16H12F2N4O2/c17-11-4-5-13(18)10(6-11)8-24-12-3-1-2-9(7-12)14-15(16(19)23)21-22-20-14/h1-7H,8H2,(H2,19,23)(H,20,21,22). The van der Waals surface area contributed by atoms with Gasteiger partial charge in [-0.25, -0.2) is 8.78 Å². The van der Waals surface area contributed by atoms with Crippen LogP contribution in [-0.4, -0.2) is 21.3 Å². The van der Waals surface area contributed by atoms with E-state index in [1.54, 1.807) is 24.3 Å². The predicted octanol–water partition coefficient (Wildman–Crippen LogP) is 2.43. The Bertz CT molecular complexity index is 895. The summed E-state index contributed by atoms with van der Waals surface area (Å²) in [4.78, 5) is 11.3. The van der Waals surface area contributed by atoms with Crippen LogP contribution in [0.3, 0.4) is 0 Å². The zero-order valence-electron chi connectivity index (χ0n) is 12.3. The highest BCUT2D eigenvalue weighted by Gasteiger charge is 2.15. The minimum Gasteiger partial charge on any atom is -0.489 e. The Balaban J connectivity index is 1.82. The van der Waals surface area contributed by atoms with Crippen molar-refractivity contribution in [3.8, 4) is 17.0 Å². The molecule has 1 heterocycles. The average molecular weight is 330 g/mol.